The zero-order valence-corrected chi connectivity index (χ0v) is 15.9. The number of carboxylic acid groups (broad SMARTS) is 4. The highest BCUT2D eigenvalue weighted by Gasteiger charge is 2.13. The third-order valence-electron chi connectivity index (χ3n) is 3.17. The number of likely N-dealkylation sites (tertiary alicyclic amines) is 1. The van der Waals surface area contributed by atoms with E-state index in [1.807, 2.05) is 11.8 Å². The molecule has 6 N–H and O–H groups in total. The molecule has 0 aromatic carbocycles. The van der Waals surface area contributed by atoms with Gasteiger partial charge >= 0.3 is 23.9 Å². The lowest BCUT2D eigenvalue weighted by Gasteiger charge is -2.11. The summed E-state index contributed by atoms with van der Waals surface area (Å²) < 4.78 is 5.79. The lowest BCUT2D eigenvalue weighted by Crippen LogP contribution is -2.17. The molecule has 12 heteroatoms. The first-order valence-electron chi connectivity index (χ1n) is 8.17. The molecule has 1 aliphatic heterocycles. The van der Waals surface area contributed by atoms with Gasteiger partial charge in [0.2, 0.25) is 0 Å². The first-order valence-corrected chi connectivity index (χ1v) is 9.33. The molecule has 1 aromatic heterocycles. The Hall–Kier alpha value is -2.57. The predicted octanol–water partition coefficient (Wildman–Crippen LogP) is 0.379. The van der Waals surface area contributed by atoms with Crippen LogP contribution in [0.4, 0.5) is 0 Å². The molecule has 0 radical (unpaired) electrons. The number of aliphatic carboxylic acids is 4. The summed E-state index contributed by atoms with van der Waals surface area (Å²) in [4.78, 5) is 38.9. The number of rotatable bonds is 6. The molecule has 158 valence electrons. The van der Waals surface area contributed by atoms with E-state index in [9.17, 15) is 0 Å². The molecular weight excluding hydrogens is 396 g/mol. The molecule has 2 heterocycles. The van der Waals surface area contributed by atoms with Crippen molar-refractivity contribution in [3.63, 3.8) is 0 Å². The molecule has 28 heavy (non-hydrogen) atoms. The van der Waals surface area contributed by atoms with Crippen molar-refractivity contribution in [1.29, 1.82) is 0 Å². The van der Waals surface area contributed by atoms with Crippen LogP contribution in [0.5, 0.6) is 0 Å². The van der Waals surface area contributed by atoms with E-state index in [-0.39, 0.29) is 0 Å². The van der Waals surface area contributed by atoms with Gasteiger partial charge < -0.3 is 30.6 Å². The summed E-state index contributed by atoms with van der Waals surface area (Å²) >= 11 is 1.83. The van der Waals surface area contributed by atoms with Crippen molar-refractivity contribution in [2.75, 3.05) is 25.4 Å². The fraction of sp³-hybridized carbons (Fsp3) is 0.500. The number of carboxylic acids is 4. The van der Waals surface area contributed by atoms with Crippen molar-refractivity contribution in [1.82, 2.24) is 4.90 Å². The quantitative estimate of drug-likeness (QED) is 0.314. The summed E-state index contributed by atoms with van der Waals surface area (Å²) in [7, 11) is 0. The second-order valence-corrected chi connectivity index (χ2v) is 6.52. The monoisotopic (exact) mass is 420 g/mol. The van der Waals surface area contributed by atoms with Crippen LogP contribution in [0.3, 0.4) is 0 Å². The fourth-order valence-corrected chi connectivity index (χ4v) is 2.67. The minimum Gasteiger partial charge on any atom is -0.473 e. The standard InChI is InChI=1S/C12H20N2OS.2C2H2O4/c13-5-8-16-10-12-4-3-11(15-12)9-14-6-1-2-7-14;2*3-1(4)2(5)6/h3-4H,1-2,5-10,13H2;2*(H,3,4)(H,5,6). The second-order valence-electron chi connectivity index (χ2n) is 5.41. The largest absolute Gasteiger partial charge is 0.473 e. The summed E-state index contributed by atoms with van der Waals surface area (Å²) in [5.74, 6) is -3.17. The van der Waals surface area contributed by atoms with Crippen LogP contribution in [-0.2, 0) is 31.5 Å². The van der Waals surface area contributed by atoms with Crippen molar-refractivity contribution in [2.24, 2.45) is 5.73 Å². The number of carbonyl (C=O) groups is 4. The minimum atomic E-state index is -1.82. The Labute approximate surface area is 165 Å². The molecule has 1 saturated heterocycles. The Balaban J connectivity index is 0.000000505. The maximum absolute atomic E-state index is 9.10. The Bertz CT molecular complexity index is 594. The van der Waals surface area contributed by atoms with E-state index in [1.165, 1.54) is 25.9 Å². The maximum atomic E-state index is 9.10. The van der Waals surface area contributed by atoms with E-state index >= 15 is 0 Å². The molecule has 0 bridgehead atoms. The van der Waals surface area contributed by atoms with Gasteiger partial charge in [0.25, 0.3) is 0 Å². The van der Waals surface area contributed by atoms with Crippen LogP contribution in [0, 0.1) is 0 Å². The second kappa shape index (κ2) is 14.5. The molecule has 0 aliphatic carbocycles. The number of nitrogens with two attached hydrogens (primary N) is 1. The zero-order valence-electron chi connectivity index (χ0n) is 15.1. The molecule has 0 saturated carbocycles. The Morgan fingerprint density at radius 2 is 1.39 bits per heavy atom. The molecule has 1 aromatic rings. The predicted molar refractivity (Wildman–Crippen MR) is 99.0 cm³/mol. The molecule has 1 aliphatic rings. The number of hydrogen-bond donors (Lipinski definition) is 5. The molecular formula is C16H24N2O9S. The molecule has 11 nitrogen and oxygen atoms in total. The zero-order chi connectivity index (χ0) is 21.5. The summed E-state index contributed by atoms with van der Waals surface area (Å²) in [6.07, 6.45) is 2.67. The molecule has 0 atom stereocenters. The molecule has 1 fully saturated rings. The highest BCUT2D eigenvalue weighted by molar-refractivity contribution is 7.98. The lowest BCUT2D eigenvalue weighted by atomic mass is 10.4. The van der Waals surface area contributed by atoms with Gasteiger partial charge in [-0.2, -0.15) is 11.8 Å². The first-order chi connectivity index (χ1) is 13.2. The van der Waals surface area contributed by atoms with Crippen LogP contribution in [0.15, 0.2) is 16.5 Å². The number of nitrogens with zero attached hydrogens (tertiary/aromatic N) is 1. The van der Waals surface area contributed by atoms with Crippen LogP contribution in [0.1, 0.15) is 24.4 Å². The molecule has 0 amide bonds. The van der Waals surface area contributed by atoms with Crippen molar-refractivity contribution in [3.8, 4) is 0 Å². The van der Waals surface area contributed by atoms with Crippen LogP contribution >= 0.6 is 11.8 Å². The van der Waals surface area contributed by atoms with Crippen LogP contribution in [0.2, 0.25) is 0 Å². The van der Waals surface area contributed by atoms with Crippen LogP contribution < -0.4 is 5.73 Å². The smallest absolute Gasteiger partial charge is 0.414 e. The van der Waals surface area contributed by atoms with Gasteiger partial charge in [-0.25, -0.2) is 19.2 Å². The molecule has 0 unspecified atom stereocenters. The fourth-order valence-electron chi connectivity index (χ4n) is 2.00. The summed E-state index contributed by atoms with van der Waals surface area (Å²) in [5.41, 5.74) is 5.45. The number of thioether (sulfide) groups is 1. The summed E-state index contributed by atoms with van der Waals surface area (Å²) in [5, 5.41) is 29.6. The Morgan fingerprint density at radius 1 is 0.929 bits per heavy atom. The van der Waals surface area contributed by atoms with Gasteiger partial charge in [0.1, 0.15) is 11.5 Å². The van der Waals surface area contributed by atoms with Crippen molar-refractivity contribution in [2.45, 2.75) is 25.1 Å². The van der Waals surface area contributed by atoms with Gasteiger partial charge in [0, 0.05) is 12.3 Å². The van der Waals surface area contributed by atoms with E-state index in [0.717, 1.165) is 36.1 Å². The average Bonchev–Trinajstić information content (AvgIpc) is 3.29. The van der Waals surface area contributed by atoms with E-state index in [0.29, 0.717) is 0 Å². The summed E-state index contributed by atoms with van der Waals surface area (Å²) in [6.45, 7) is 4.16. The van der Waals surface area contributed by atoms with E-state index in [2.05, 4.69) is 17.0 Å². The van der Waals surface area contributed by atoms with E-state index < -0.39 is 23.9 Å². The Morgan fingerprint density at radius 3 is 1.82 bits per heavy atom. The number of hydrogen-bond acceptors (Lipinski definition) is 8. The van der Waals surface area contributed by atoms with Gasteiger partial charge in [-0.3, -0.25) is 4.90 Å². The van der Waals surface area contributed by atoms with Gasteiger partial charge in [0.15, 0.2) is 0 Å². The van der Waals surface area contributed by atoms with E-state index in [1.54, 1.807) is 0 Å². The van der Waals surface area contributed by atoms with Crippen molar-refractivity contribution in [3.05, 3.63) is 23.7 Å². The van der Waals surface area contributed by atoms with Gasteiger partial charge in [-0.1, -0.05) is 0 Å². The highest BCUT2D eigenvalue weighted by Crippen LogP contribution is 2.18. The number of furan rings is 1. The van der Waals surface area contributed by atoms with Crippen molar-refractivity contribution < 1.29 is 44.0 Å². The topological polar surface area (TPSA) is 192 Å². The van der Waals surface area contributed by atoms with Gasteiger partial charge in [0.05, 0.1) is 12.3 Å². The molecule has 0 spiro atoms. The SMILES string of the molecule is NCCSCc1ccc(CN2CCCC2)o1.O=C(O)C(=O)O.O=C(O)C(=O)O. The normalized spacial score (nSPS) is 12.9. The van der Waals surface area contributed by atoms with Gasteiger partial charge in [-0.15, -0.1) is 0 Å². The van der Waals surface area contributed by atoms with Crippen LogP contribution in [0.25, 0.3) is 0 Å². The molecule has 2 rings (SSSR count). The van der Waals surface area contributed by atoms with Crippen molar-refractivity contribution >= 4 is 35.6 Å². The highest BCUT2D eigenvalue weighted by atomic mass is 32.2. The summed E-state index contributed by atoms with van der Waals surface area (Å²) in [6, 6.07) is 4.20. The lowest BCUT2D eigenvalue weighted by molar-refractivity contribution is -0.159. The first kappa shape index (κ1) is 25.4. The van der Waals surface area contributed by atoms with Crippen LogP contribution in [-0.4, -0.2) is 74.6 Å². The third-order valence-corrected chi connectivity index (χ3v) is 4.18. The minimum absolute atomic E-state index is 0.742. The van der Waals surface area contributed by atoms with E-state index in [4.69, 9.17) is 49.8 Å². The Kier molecular flexibility index (Phi) is 13.2. The average molecular weight is 420 g/mol. The maximum Gasteiger partial charge on any atom is 0.414 e. The van der Waals surface area contributed by atoms with Gasteiger partial charge in [-0.05, 0) is 38.1 Å². The third kappa shape index (κ3) is 12.7.